The summed E-state index contributed by atoms with van der Waals surface area (Å²) in [5.41, 5.74) is 11.5. The van der Waals surface area contributed by atoms with Gasteiger partial charge in [0.05, 0.1) is 5.52 Å². The molecule has 0 radical (unpaired) electrons. The van der Waals surface area contributed by atoms with E-state index in [1.807, 2.05) is 52.8 Å². The smallest absolute Gasteiger partial charge is 0.135 e. The Bertz CT molecular complexity index is 2110. The van der Waals surface area contributed by atoms with Crippen LogP contribution in [0, 0.1) is 12.8 Å². The number of allylic oxidation sites excluding steroid dienone is 1. The third kappa shape index (κ3) is 6.00. The monoisotopic (exact) mass is 594 g/mol. The average Bonchev–Trinajstić information content (AvgIpc) is 3.72. The number of H-pyrrole nitrogens is 1. The van der Waals surface area contributed by atoms with E-state index in [-0.39, 0.29) is 0 Å². The van der Waals surface area contributed by atoms with Crippen molar-refractivity contribution in [3.63, 3.8) is 0 Å². The SMILES string of the molecule is C=Cc1oc2ccccc2c1C.CC.CC.CC1C=Cc2[nH]c3ccc(Cc4cccc5c6ccccc6n(C)c45)cc3c2C1. The standard InChI is InChI=1S/C27H24N2.C11H10O.2C2H6/c1-17-10-12-24-22(14-17)23-16-18(11-13-25(23)28-24)15-19-6-5-8-21-20-7-3-4-9-26(20)29(2)27(19)21;1-3-10-8(2)9-6-4-5-7-11(9)12-10;2*1-2/h3-13,16-17,28H,14-15H2,1-2H3;3-7H,1H2,2H3;2*1-2H3. The van der Waals surface area contributed by atoms with E-state index in [1.54, 1.807) is 6.08 Å². The molecule has 230 valence electrons. The number of nitrogens with zero attached hydrogens (tertiary/aromatic N) is 1. The van der Waals surface area contributed by atoms with Crippen molar-refractivity contribution in [1.29, 1.82) is 0 Å². The van der Waals surface area contributed by atoms with Gasteiger partial charge in [0.2, 0.25) is 0 Å². The van der Waals surface area contributed by atoms with Gasteiger partial charge in [-0.1, -0.05) is 108 Å². The number of hydrogen-bond donors (Lipinski definition) is 1. The first-order valence-corrected chi connectivity index (χ1v) is 16.4. The highest BCUT2D eigenvalue weighted by Crippen LogP contribution is 2.34. The zero-order valence-electron chi connectivity index (χ0n) is 27.9. The lowest BCUT2D eigenvalue weighted by molar-refractivity contribution is 0.601. The van der Waals surface area contributed by atoms with Crippen molar-refractivity contribution in [1.82, 2.24) is 9.55 Å². The van der Waals surface area contributed by atoms with E-state index in [0.717, 1.165) is 24.2 Å². The molecule has 45 heavy (non-hydrogen) atoms. The maximum Gasteiger partial charge on any atom is 0.135 e. The fourth-order valence-electron chi connectivity index (χ4n) is 6.51. The quantitative estimate of drug-likeness (QED) is 0.217. The summed E-state index contributed by atoms with van der Waals surface area (Å²) in [7, 11) is 2.19. The van der Waals surface area contributed by atoms with Crippen molar-refractivity contribution in [2.75, 3.05) is 0 Å². The molecule has 1 aliphatic rings. The van der Waals surface area contributed by atoms with Crippen LogP contribution < -0.4 is 0 Å². The molecule has 1 N–H and O–H groups in total. The number of hydrogen-bond acceptors (Lipinski definition) is 1. The van der Waals surface area contributed by atoms with Crippen molar-refractivity contribution in [2.45, 2.75) is 54.4 Å². The molecule has 3 heteroatoms. The summed E-state index contributed by atoms with van der Waals surface area (Å²) in [6.07, 6.45) is 8.37. The highest BCUT2D eigenvalue weighted by Gasteiger charge is 2.17. The van der Waals surface area contributed by atoms with Crippen LogP contribution in [0.4, 0.5) is 0 Å². The molecule has 1 aliphatic carbocycles. The van der Waals surface area contributed by atoms with Crippen LogP contribution >= 0.6 is 0 Å². The largest absolute Gasteiger partial charge is 0.456 e. The molecule has 3 nitrogen and oxygen atoms in total. The maximum atomic E-state index is 5.53. The first-order valence-electron chi connectivity index (χ1n) is 16.4. The van der Waals surface area contributed by atoms with E-state index in [9.17, 15) is 0 Å². The summed E-state index contributed by atoms with van der Waals surface area (Å²) < 4.78 is 7.88. The lowest BCUT2D eigenvalue weighted by Gasteiger charge is -2.12. The Labute approximate surface area is 267 Å². The summed E-state index contributed by atoms with van der Waals surface area (Å²) in [6.45, 7) is 16.0. The fourth-order valence-corrected chi connectivity index (χ4v) is 6.51. The van der Waals surface area contributed by atoms with Gasteiger partial charge in [0.15, 0.2) is 0 Å². The van der Waals surface area contributed by atoms with Crippen LogP contribution in [0.25, 0.3) is 55.8 Å². The Morgan fingerprint density at radius 1 is 0.867 bits per heavy atom. The third-order valence-corrected chi connectivity index (χ3v) is 8.59. The zero-order valence-corrected chi connectivity index (χ0v) is 27.9. The molecule has 0 saturated carbocycles. The zero-order chi connectivity index (χ0) is 32.1. The molecule has 0 spiro atoms. The Morgan fingerprint density at radius 3 is 2.33 bits per heavy atom. The minimum Gasteiger partial charge on any atom is -0.456 e. The van der Waals surface area contributed by atoms with Gasteiger partial charge in [-0.15, -0.1) is 0 Å². The average molecular weight is 595 g/mol. The van der Waals surface area contributed by atoms with Crippen LogP contribution in [-0.4, -0.2) is 9.55 Å². The second-order valence-corrected chi connectivity index (χ2v) is 11.3. The minimum atomic E-state index is 0.606. The van der Waals surface area contributed by atoms with E-state index >= 15 is 0 Å². The molecule has 0 saturated heterocycles. The number of rotatable bonds is 3. The first-order chi connectivity index (χ1) is 22.0. The second kappa shape index (κ2) is 13.9. The number of aromatic amines is 1. The molecule has 4 aromatic carbocycles. The minimum absolute atomic E-state index is 0.606. The number of fused-ring (bicyclic) bond motifs is 7. The third-order valence-electron chi connectivity index (χ3n) is 8.59. The van der Waals surface area contributed by atoms with E-state index in [2.05, 4.69) is 109 Å². The van der Waals surface area contributed by atoms with Crippen LogP contribution in [0.3, 0.4) is 0 Å². The van der Waals surface area contributed by atoms with Crippen LogP contribution in [0.2, 0.25) is 0 Å². The summed E-state index contributed by atoms with van der Waals surface area (Å²) in [5, 5.41) is 5.24. The number of benzene rings is 4. The van der Waals surface area contributed by atoms with Gasteiger partial charge in [0, 0.05) is 50.9 Å². The van der Waals surface area contributed by atoms with Gasteiger partial charge < -0.3 is 14.0 Å². The van der Waals surface area contributed by atoms with E-state index in [4.69, 9.17) is 4.42 Å². The molecular weight excluding hydrogens is 548 g/mol. The Kier molecular flexibility index (Phi) is 9.78. The molecular formula is C42H46N2O. The molecule has 1 unspecified atom stereocenters. The Hall–Kier alpha value is -4.76. The molecule has 1 atom stereocenters. The van der Waals surface area contributed by atoms with Crippen LogP contribution in [-0.2, 0) is 19.9 Å². The second-order valence-electron chi connectivity index (χ2n) is 11.3. The number of para-hydroxylation sites is 3. The molecule has 0 amide bonds. The highest BCUT2D eigenvalue weighted by atomic mass is 16.3. The van der Waals surface area contributed by atoms with Gasteiger partial charge in [-0.2, -0.15) is 0 Å². The predicted octanol–water partition coefficient (Wildman–Crippen LogP) is 12.0. The predicted molar refractivity (Wildman–Crippen MR) is 197 cm³/mol. The van der Waals surface area contributed by atoms with Crippen LogP contribution in [0.1, 0.15) is 68.3 Å². The summed E-state index contributed by atoms with van der Waals surface area (Å²) in [6, 6.07) is 30.4. The lowest BCUT2D eigenvalue weighted by Crippen LogP contribution is -2.01. The molecule has 3 heterocycles. The highest BCUT2D eigenvalue weighted by molar-refractivity contribution is 6.09. The topological polar surface area (TPSA) is 33.9 Å². The molecule has 0 aliphatic heterocycles. The fraction of sp³-hybridized carbons (Fsp3) is 0.238. The molecule has 7 aromatic rings. The van der Waals surface area contributed by atoms with E-state index in [0.29, 0.717) is 5.92 Å². The van der Waals surface area contributed by atoms with Gasteiger partial charge >= 0.3 is 0 Å². The van der Waals surface area contributed by atoms with E-state index < -0.39 is 0 Å². The van der Waals surface area contributed by atoms with Crippen molar-refractivity contribution in [2.24, 2.45) is 13.0 Å². The van der Waals surface area contributed by atoms with Gasteiger partial charge in [0.1, 0.15) is 11.3 Å². The van der Waals surface area contributed by atoms with Gasteiger partial charge in [-0.25, -0.2) is 0 Å². The molecule has 8 rings (SSSR count). The van der Waals surface area contributed by atoms with Gasteiger partial charge in [-0.05, 0) is 78.8 Å². The van der Waals surface area contributed by atoms with Crippen molar-refractivity contribution in [3.8, 4) is 0 Å². The number of nitrogens with one attached hydrogen (secondary N) is 1. The number of aryl methyl sites for hydroxylation is 2. The molecule has 3 aromatic heterocycles. The normalized spacial score (nSPS) is 13.4. The summed E-state index contributed by atoms with van der Waals surface area (Å²) >= 11 is 0. The summed E-state index contributed by atoms with van der Waals surface area (Å²) in [5.74, 6) is 1.48. The number of furan rings is 1. The van der Waals surface area contributed by atoms with Gasteiger partial charge in [0.25, 0.3) is 0 Å². The summed E-state index contributed by atoms with van der Waals surface area (Å²) in [4.78, 5) is 3.59. The van der Waals surface area contributed by atoms with E-state index in [1.165, 1.54) is 66.0 Å². The van der Waals surface area contributed by atoms with Crippen LogP contribution in [0.15, 0.2) is 102 Å². The Morgan fingerprint density at radius 2 is 1.58 bits per heavy atom. The molecule has 0 bridgehead atoms. The number of aromatic nitrogens is 2. The first kappa shape index (κ1) is 31.7. The Balaban J connectivity index is 0.000000210. The van der Waals surface area contributed by atoms with Crippen molar-refractivity contribution in [3.05, 3.63) is 131 Å². The van der Waals surface area contributed by atoms with Crippen molar-refractivity contribution >= 4 is 55.8 Å². The maximum absolute atomic E-state index is 5.53. The lowest BCUT2D eigenvalue weighted by atomic mass is 9.92. The van der Waals surface area contributed by atoms with Gasteiger partial charge in [-0.3, -0.25) is 0 Å². The molecule has 0 fully saturated rings. The van der Waals surface area contributed by atoms with Crippen molar-refractivity contribution < 1.29 is 4.42 Å². The van der Waals surface area contributed by atoms with Crippen LogP contribution in [0.5, 0.6) is 0 Å².